The largest absolute Gasteiger partial charge is 0.486 e. The quantitative estimate of drug-likeness (QED) is 0.464. The van der Waals surface area contributed by atoms with E-state index in [1.165, 1.54) is 0 Å². The SMILES string of the molecule is Cc1cccc(OCc2ccc(-c3nc(C#N)c(NCc4ccccc4)o3)o2)c1. The van der Waals surface area contributed by atoms with Crippen molar-refractivity contribution in [2.75, 3.05) is 5.32 Å². The lowest BCUT2D eigenvalue weighted by molar-refractivity contribution is 0.271. The van der Waals surface area contributed by atoms with Crippen molar-refractivity contribution < 1.29 is 13.6 Å². The number of nitrogens with one attached hydrogen (secondary N) is 1. The molecule has 144 valence electrons. The van der Waals surface area contributed by atoms with Crippen molar-refractivity contribution in [3.63, 3.8) is 0 Å². The van der Waals surface area contributed by atoms with Crippen LogP contribution in [-0.2, 0) is 13.2 Å². The molecule has 0 spiro atoms. The highest BCUT2D eigenvalue weighted by Crippen LogP contribution is 2.27. The molecule has 0 amide bonds. The van der Waals surface area contributed by atoms with Crippen LogP contribution in [0.5, 0.6) is 5.75 Å². The van der Waals surface area contributed by atoms with Crippen molar-refractivity contribution in [3.8, 4) is 23.5 Å². The van der Waals surface area contributed by atoms with Crippen molar-refractivity contribution in [1.29, 1.82) is 5.26 Å². The standard InChI is InChI=1S/C23H19N3O3/c1-16-6-5-9-18(12-16)27-15-19-10-11-21(28-19)23-26-20(13-24)22(29-23)25-14-17-7-3-2-4-8-17/h2-12,25H,14-15H2,1H3. The van der Waals surface area contributed by atoms with Gasteiger partial charge in [0, 0.05) is 6.54 Å². The molecule has 0 aliphatic heterocycles. The van der Waals surface area contributed by atoms with E-state index >= 15 is 0 Å². The zero-order chi connectivity index (χ0) is 20.1. The van der Waals surface area contributed by atoms with Gasteiger partial charge in [0.15, 0.2) is 5.76 Å². The van der Waals surface area contributed by atoms with Crippen molar-refractivity contribution >= 4 is 5.88 Å². The van der Waals surface area contributed by atoms with Gasteiger partial charge in [0.1, 0.15) is 24.2 Å². The number of hydrogen-bond donors (Lipinski definition) is 1. The molecule has 6 nitrogen and oxygen atoms in total. The molecule has 0 fully saturated rings. The van der Waals surface area contributed by atoms with E-state index in [1.54, 1.807) is 12.1 Å². The van der Waals surface area contributed by atoms with E-state index < -0.39 is 0 Å². The molecule has 2 heterocycles. The Balaban J connectivity index is 1.44. The summed E-state index contributed by atoms with van der Waals surface area (Å²) in [6, 6.07) is 23.3. The molecular weight excluding hydrogens is 366 g/mol. The molecule has 4 rings (SSSR count). The highest BCUT2D eigenvalue weighted by Gasteiger charge is 2.17. The van der Waals surface area contributed by atoms with E-state index in [2.05, 4.69) is 10.3 Å². The minimum Gasteiger partial charge on any atom is -0.486 e. The Labute approximate surface area is 168 Å². The van der Waals surface area contributed by atoms with Crippen LogP contribution in [0.2, 0.25) is 0 Å². The summed E-state index contributed by atoms with van der Waals surface area (Å²) in [6.45, 7) is 2.82. The summed E-state index contributed by atoms with van der Waals surface area (Å²) in [7, 11) is 0. The second-order valence-electron chi connectivity index (χ2n) is 6.52. The number of benzene rings is 2. The first-order valence-electron chi connectivity index (χ1n) is 9.18. The lowest BCUT2D eigenvalue weighted by Gasteiger charge is -2.04. The fourth-order valence-corrected chi connectivity index (χ4v) is 2.83. The maximum absolute atomic E-state index is 9.35. The smallest absolute Gasteiger partial charge is 0.266 e. The van der Waals surface area contributed by atoms with Crippen molar-refractivity contribution in [1.82, 2.24) is 4.98 Å². The second kappa shape index (κ2) is 8.36. The minimum absolute atomic E-state index is 0.185. The molecule has 2 aromatic heterocycles. The number of aromatic nitrogens is 1. The van der Waals surface area contributed by atoms with Crippen molar-refractivity contribution in [2.45, 2.75) is 20.1 Å². The number of oxazole rings is 1. The van der Waals surface area contributed by atoms with E-state index in [4.69, 9.17) is 13.6 Å². The van der Waals surface area contributed by atoms with Gasteiger partial charge >= 0.3 is 0 Å². The van der Waals surface area contributed by atoms with Gasteiger partial charge in [0.25, 0.3) is 5.89 Å². The Morgan fingerprint density at radius 3 is 2.69 bits per heavy atom. The molecule has 6 heteroatoms. The van der Waals surface area contributed by atoms with E-state index in [9.17, 15) is 5.26 Å². The van der Waals surface area contributed by atoms with Crippen molar-refractivity contribution in [3.05, 3.63) is 89.3 Å². The van der Waals surface area contributed by atoms with Crippen LogP contribution in [0.1, 0.15) is 22.6 Å². The number of furan rings is 1. The van der Waals surface area contributed by atoms with Gasteiger partial charge in [-0.3, -0.25) is 0 Å². The Kier molecular flexibility index (Phi) is 5.30. The summed E-state index contributed by atoms with van der Waals surface area (Å²) in [5.41, 5.74) is 2.38. The van der Waals surface area contributed by atoms with E-state index in [1.807, 2.05) is 67.6 Å². The Bertz CT molecular complexity index is 1140. The van der Waals surface area contributed by atoms with Gasteiger partial charge in [-0.05, 0) is 42.3 Å². The first-order chi connectivity index (χ1) is 14.2. The summed E-state index contributed by atoms with van der Waals surface area (Å²) in [6.07, 6.45) is 0. The van der Waals surface area contributed by atoms with Gasteiger partial charge in [-0.2, -0.15) is 10.2 Å². The van der Waals surface area contributed by atoms with E-state index in [-0.39, 0.29) is 18.2 Å². The maximum atomic E-state index is 9.35. The Morgan fingerprint density at radius 2 is 1.90 bits per heavy atom. The predicted molar refractivity (Wildman–Crippen MR) is 108 cm³/mol. The highest BCUT2D eigenvalue weighted by atomic mass is 16.5. The van der Waals surface area contributed by atoms with Gasteiger partial charge in [0.05, 0.1) is 0 Å². The minimum atomic E-state index is 0.185. The van der Waals surface area contributed by atoms with Crippen LogP contribution in [0, 0.1) is 18.3 Å². The number of aryl methyl sites for hydroxylation is 1. The lowest BCUT2D eigenvalue weighted by Crippen LogP contribution is -1.99. The summed E-state index contributed by atoms with van der Waals surface area (Å²) >= 11 is 0. The molecule has 0 aliphatic rings. The monoisotopic (exact) mass is 385 g/mol. The van der Waals surface area contributed by atoms with Crippen LogP contribution in [-0.4, -0.2) is 4.98 Å². The first-order valence-corrected chi connectivity index (χ1v) is 9.18. The van der Waals surface area contributed by atoms with Crippen LogP contribution >= 0.6 is 0 Å². The van der Waals surface area contributed by atoms with E-state index in [0.29, 0.717) is 23.9 Å². The molecule has 0 radical (unpaired) electrons. The molecule has 2 aromatic carbocycles. The number of anilines is 1. The Hall–Kier alpha value is -3.98. The fourth-order valence-electron chi connectivity index (χ4n) is 2.83. The number of nitriles is 1. The number of ether oxygens (including phenoxy) is 1. The van der Waals surface area contributed by atoms with E-state index in [0.717, 1.165) is 16.9 Å². The van der Waals surface area contributed by atoms with Gasteiger partial charge in [0.2, 0.25) is 11.6 Å². The summed E-state index contributed by atoms with van der Waals surface area (Å²) in [5.74, 6) is 2.42. The van der Waals surface area contributed by atoms with Gasteiger partial charge in [-0.1, -0.05) is 42.5 Å². The van der Waals surface area contributed by atoms with Gasteiger partial charge in [-0.15, -0.1) is 0 Å². The number of hydrogen-bond acceptors (Lipinski definition) is 6. The zero-order valence-electron chi connectivity index (χ0n) is 15.9. The predicted octanol–water partition coefficient (Wildman–Crippen LogP) is 5.31. The van der Waals surface area contributed by atoms with Crippen LogP contribution in [0.4, 0.5) is 5.88 Å². The molecule has 0 bridgehead atoms. The summed E-state index contributed by atoms with van der Waals surface area (Å²) < 4.78 is 17.3. The third kappa shape index (κ3) is 4.47. The molecule has 0 aliphatic carbocycles. The van der Waals surface area contributed by atoms with Crippen LogP contribution < -0.4 is 10.1 Å². The first kappa shape index (κ1) is 18.4. The van der Waals surface area contributed by atoms with Crippen LogP contribution in [0.25, 0.3) is 11.7 Å². The Morgan fingerprint density at radius 1 is 1.03 bits per heavy atom. The third-order valence-electron chi connectivity index (χ3n) is 4.27. The molecular formula is C23H19N3O3. The molecule has 1 N–H and O–H groups in total. The maximum Gasteiger partial charge on any atom is 0.266 e. The highest BCUT2D eigenvalue weighted by molar-refractivity contribution is 5.54. The van der Waals surface area contributed by atoms with Crippen LogP contribution in [0.3, 0.4) is 0 Å². The van der Waals surface area contributed by atoms with Crippen molar-refractivity contribution in [2.24, 2.45) is 0 Å². The average Bonchev–Trinajstić information content (AvgIpc) is 3.38. The third-order valence-corrected chi connectivity index (χ3v) is 4.27. The molecule has 0 atom stereocenters. The molecule has 4 aromatic rings. The molecule has 0 saturated heterocycles. The summed E-state index contributed by atoms with van der Waals surface area (Å²) in [5, 5.41) is 12.5. The molecule has 0 unspecified atom stereocenters. The number of nitrogens with zero attached hydrogens (tertiary/aromatic N) is 2. The fraction of sp³-hybridized carbons (Fsp3) is 0.130. The van der Waals surface area contributed by atoms with Crippen LogP contribution in [0.15, 0.2) is 75.6 Å². The van der Waals surface area contributed by atoms with Gasteiger partial charge < -0.3 is 18.9 Å². The topological polar surface area (TPSA) is 84.2 Å². The number of rotatable bonds is 7. The lowest BCUT2D eigenvalue weighted by atomic mass is 10.2. The molecule has 29 heavy (non-hydrogen) atoms. The normalized spacial score (nSPS) is 10.5. The van der Waals surface area contributed by atoms with Gasteiger partial charge in [-0.25, -0.2) is 0 Å². The summed E-state index contributed by atoms with van der Waals surface area (Å²) in [4.78, 5) is 4.23. The molecule has 0 saturated carbocycles. The zero-order valence-corrected chi connectivity index (χ0v) is 15.9. The average molecular weight is 385 g/mol. The second-order valence-corrected chi connectivity index (χ2v) is 6.52.